The van der Waals surface area contributed by atoms with Crippen LogP contribution in [0.15, 0.2) is 60.8 Å². The molecule has 0 aromatic heterocycles. The Hall–Kier alpha value is -1.91. The molecule has 0 aromatic rings. The molecular formula is C53H97NO3. The highest BCUT2D eigenvalue weighted by Gasteiger charge is 2.17. The van der Waals surface area contributed by atoms with Crippen molar-refractivity contribution < 1.29 is 15.0 Å². The molecule has 2 atom stereocenters. The Balaban J connectivity index is 3.51. The fraction of sp³-hybridized carbons (Fsp3) is 0.792. The minimum absolute atomic E-state index is 0.0743. The van der Waals surface area contributed by atoms with Crippen LogP contribution in [0.5, 0.6) is 0 Å². The first-order valence-corrected chi connectivity index (χ1v) is 25.0. The molecule has 0 heterocycles. The smallest absolute Gasteiger partial charge is 0.220 e. The van der Waals surface area contributed by atoms with Gasteiger partial charge in [0.2, 0.25) is 5.91 Å². The molecular weight excluding hydrogens is 699 g/mol. The van der Waals surface area contributed by atoms with Crippen LogP contribution in [0.25, 0.3) is 0 Å². The van der Waals surface area contributed by atoms with Crippen LogP contribution in [-0.2, 0) is 4.79 Å². The van der Waals surface area contributed by atoms with Crippen LogP contribution in [0.1, 0.15) is 251 Å². The van der Waals surface area contributed by atoms with Gasteiger partial charge in [0, 0.05) is 6.42 Å². The number of nitrogens with one attached hydrogen (secondary N) is 1. The van der Waals surface area contributed by atoms with Crippen molar-refractivity contribution in [1.29, 1.82) is 0 Å². The Bertz CT molecular complexity index is 950. The van der Waals surface area contributed by atoms with Gasteiger partial charge in [0.15, 0.2) is 0 Å². The van der Waals surface area contributed by atoms with Gasteiger partial charge in [-0.2, -0.15) is 0 Å². The first-order chi connectivity index (χ1) is 28.2. The summed E-state index contributed by atoms with van der Waals surface area (Å²) in [6.45, 7) is 4.28. The summed E-state index contributed by atoms with van der Waals surface area (Å²) in [6, 6.07) is -0.639. The van der Waals surface area contributed by atoms with E-state index < -0.39 is 12.1 Å². The number of hydrogen-bond acceptors (Lipinski definition) is 3. The van der Waals surface area contributed by atoms with E-state index in [-0.39, 0.29) is 12.5 Å². The largest absolute Gasteiger partial charge is 0.394 e. The van der Waals surface area contributed by atoms with Gasteiger partial charge in [-0.25, -0.2) is 0 Å². The van der Waals surface area contributed by atoms with E-state index in [0.717, 1.165) is 44.9 Å². The van der Waals surface area contributed by atoms with Crippen LogP contribution in [0, 0.1) is 0 Å². The lowest BCUT2D eigenvalue weighted by Gasteiger charge is -2.19. The lowest BCUT2D eigenvalue weighted by atomic mass is 10.0. The van der Waals surface area contributed by atoms with Crippen molar-refractivity contribution in [2.45, 2.75) is 264 Å². The molecule has 0 aliphatic rings. The number of amides is 1. The molecule has 0 aromatic carbocycles. The number of aliphatic hydroxyl groups is 2. The SMILES string of the molecule is CCCCCCC/C=C\C/C=C\C/C=C\CCCCCCCCCCCCCCCCCCC(=O)NC(CO)C(O)/C=C/CC/C=C/CCCCCCCCCC. The van der Waals surface area contributed by atoms with Crippen LogP contribution in [-0.4, -0.2) is 34.9 Å². The molecule has 0 fully saturated rings. The molecule has 0 spiro atoms. The van der Waals surface area contributed by atoms with Crippen molar-refractivity contribution in [3.8, 4) is 0 Å². The monoisotopic (exact) mass is 796 g/mol. The predicted molar refractivity (Wildman–Crippen MR) is 253 cm³/mol. The summed E-state index contributed by atoms with van der Waals surface area (Å²) < 4.78 is 0. The van der Waals surface area contributed by atoms with Gasteiger partial charge in [0.05, 0.1) is 18.8 Å². The van der Waals surface area contributed by atoms with Crippen molar-refractivity contribution in [3.63, 3.8) is 0 Å². The van der Waals surface area contributed by atoms with Gasteiger partial charge in [0.25, 0.3) is 0 Å². The van der Waals surface area contributed by atoms with Gasteiger partial charge in [-0.1, -0.05) is 235 Å². The van der Waals surface area contributed by atoms with E-state index in [4.69, 9.17) is 0 Å². The Kier molecular flexibility index (Phi) is 46.8. The average molecular weight is 796 g/mol. The molecule has 57 heavy (non-hydrogen) atoms. The molecule has 0 aliphatic carbocycles. The number of carbonyl (C=O) groups is 1. The topological polar surface area (TPSA) is 69.6 Å². The molecule has 0 saturated carbocycles. The summed E-state index contributed by atoms with van der Waals surface area (Å²) >= 11 is 0. The van der Waals surface area contributed by atoms with Gasteiger partial charge in [-0.05, 0) is 70.6 Å². The third-order valence-corrected chi connectivity index (χ3v) is 11.2. The minimum Gasteiger partial charge on any atom is -0.394 e. The molecule has 0 rings (SSSR count). The summed E-state index contributed by atoms with van der Waals surface area (Å²) in [4.78, 5) is 12.4. The van der Waals surface area contributed by atoms with E-state index in [1.807, 2.05) is 6.08 Å². The first kappa shape index (κ1) is 55.1. The van der Waals surface area contributed by atoms with Gasteiger partial charge < -0.3 is 15.5 Å². The summed E-state index contributed by atoms with van der Waals surface area (Å²) in [5, 5.41) is 23.0. The normalized spacial score (nSPS) is 13.4. The summed E-state index contributed by atoms with van der Waals surface area (Å²) in [5.41, 5.74) is 0. The third kappa shape index (κ3) is 45.0. The molecule has 0 radical (unpaired) electrons. The average Bonchev–Trinajstić information content (AvgIpc) is 3.22. The van der Waals surface area contributed by atoms with Crippen molar-refractivity contribution in [2.75, 3.05) is 6.61 Å². The number of hydrogen-bond donors (Lipinski definition) is 3. The quantitative estimate of drug-likeness (QED) is 0.0425. The molecule has 0 aliphatic heterocycles. The molecule has 4 heteroatoms. The van der Waals surface area contributed by atoms with Crippen molar-refractivity contribution in [1.82, 2.24) is 5.32 Å². The predicted octanol–water partition coefficient (Wildman–Crippen LogP) is 16.1. The minimum atomic E-state index is -0.862. The maximum atomic E-state index is 12.4. The second-order valence-corrected chi connectivity index (χ2v) is 16.9. The van der Waals surface area contributed by atoms with Crippen LogP contribution in [0.4, 0.5) is 0 Å². The van der Waals surface area contributed by atoms with E-state index in [1.165, 1.54) is 186 Å². The Morgan fingerprint density at radius 2 is 0.737 bits per heavy atom. The lowest BCUT2D eigenvalue weighted by molar-refractivity contribution is -0.123. The zero-order valence-electron chi connectivity index (χ0n) is 38.1. The molecule has 4 nitrogen and oxygen atoms in total. The zero-order chi connectivity index (χ0) is 41.4. The van der Waals surface area contributed by atoms with E-state index in [0.29, 0.717) is 6.42 Å². The van der Waals surface area contributed by atoms with Gasteiger partial charge >= 0.3 is 0 Å². The zero-order valence-corrected chi connectivity index (χ0v) is 38.1. The molecule has 332 valence electrons. The number of unbranched alkanes of at least 4 members (excludes halogenated alkanes) is 30. The number of allylic oxidation sites excluding steroid dienone is 9. The molecule has 2 unspecified atom stereocenters. The van der Waals surface area contributed by atoms with Crippen molar-refractivity contribution in [2.24, 2.45) is 0 Å². The van der Waals surface area contributed by atoms with Crippen LogP contribution in [0.3, 0.4) is 0 Å². The molecule has 0 saturated heterocycles. The van der Waals surface area contributed by atoms with Crippen LogP contribution >= 0.6 is 0 Å². The molecule has 1 amide bonds. The summed E-state index contributed by atoms with van der Waals surface area (Å²) in [5.74, 6) is -0.0743. The second-order valence-electron chi connectivity index (χ2n) is 16.9. The number of carbonyl (C=O) groups excluding carboxylic acids is 1. The highest BCUT2D eigenvalue weighted by molar-refractivity contribution is 5.76. The number of rotatable bonds is 45. The number of aliphatic hydroxyl groups excluding tert-OH is 2. The van der Waals surface area contributed by atoms with E-state index in [2.05, 4.69) is 67.8 Å². The molecule has 3 N–H and O–H groups in total. The van der Waals surface area contributed by atoms with Crippen molar-refractivity contribution in [3.05, 3.63) is 60.8 Å². The summed E-state index contributed by atoms with van der Waals surface area (Å²) in [7, 11) is 0. The van der Waals surface area contributed by atoms with E-state index in [1.54, 1.807) is 6.08 Å². The van der Waals surface area contributed by atoms with Gasteiger partial charge in [0.1, 0.15) is 0 Å². The summed E-state index contributed by atoms with van der Waals surface area (Å²) in [6.07, 6.45) is 67.8. The van der Waals surface area contributed by atoms with Crippen molar-refractivity contribution >= 4 is 5.91 Å². The van der Waals surface area contributed by atoms with Gasteiger partial charge in [-0.15, -0.1) is 0 Å². The second kappa shape index (κ2) is 48.5. The van der Waals surface area contributed by atoms with E-state index in [9.17, 15) is 15.0 Å². The standard InChI is InChI=1S/C53H97NO3/c1-3-5-7-9-11-13-15-17-19-20-21-22-23-24-25-26-27-28-29-30-31-32-33-34-35-37-39-41-43-45-47-49-53(57)54-51(50-55)52(56)48-46-44-42-40-38-36-18-16-14-12-10-8-6-4-2/h15,17,20-21,23-24,38,40,46,48,51-52,55-56H,3-14,16,18-19,22,25-37,39,41-45,47,49-50H2,1-2H3,(H,54,57)/b17-15-,21-20-,24-23-,40-38+,48-46+. The van der Waals surface area contributed by atoms with E-state index >= 15 is 0 Å². The fourth-order valence-electron chi connectivity index (χ4n) is 7.38. The Morgan fingerprint density at radius 1 is 0.421 bits per heavy atom. The Labute approximate surface area is 356 Å². The fourth-order valence-corrected chi connectivity index (χ4v) is 7.38. The highest BCUT2D eigenvalue weighted by atomic mass is 16.3. The maximum absolute atomic E-state index is 12.4. The Morgan fingerprint density at radius 3 is 1.14 bits per heavy atom. The van der Waals surface area contributed by atoms with Gasteiger partial charge in [-0.3, -0.25) is 4.79 Å². The third-order valence-electron chi connectivity index (χ3n) is 11.2. The lowest BCUT2D eigenvalue weighted by Crippen LogP contribution is -2.45. The van der Waals surface area contributed by atoms with Crippen LogP contribution < -0.4 is 5.32 Å². The highest BCUT2D eigenvalue weighted by Crippen LogP contribution is 2.15. The maximum Gasteiger partial charge on any atom is 0.220 e. The first-order valence-electron chi connectivity index (χ1n) is 25.0. The van der Waals surface area contributed by atoms with Crippen LogP contribution in [0.2, 0.25) is 0 Å². The molecule has 0 bridgehead atoms.